The monoisotopic (exact) mass is 369 g/mol. The van der Waals surface area contributed by atoms with Crippen molar-refractivity contribution >= 4 is 38.6 Å². The second kappa shape index (κ2) is 6.27. The maximum Gasteiger partial charge on any atom is 0.127 e. The molecule has 1 saturated heterocycles. The summed E-state index contributed by atoms with van der Waals surface area (Å²) in [6.07, 6.45) is 2.57. The van der Waals surface area contributed by atoms with Gasteiger partial charge in [0, 0.05) is 17.6 Å². The largest absolute Gasteiger partial charge is 0.326 e. The molecule has 1 aliphatic heterocycles. The fourth-order valence-corrected chi connectivity index (χ4v) is 3.81. The number of hydrogen-bond acceptors (Lipinski definition) is 2. The van der Waals surface area contributed by atoms with Gasteiger partial charge in [0.15, 0.2) is 0 Å². The van der Waals surface area contributed by atoms with Crippen LogP contribution in [0.3, 0.4) is 0 Å². The van der Waals surface area contributed by atoms with Crippen LogP contribution in [-0.2, 0) is 6.54 Å². The van der Waals surface area contributed by atoms with E-state index in [1.54, 1.807) is 0 Å². The molecule has 0 bridgehead atoms. The first-order valence-corrected chi connectivity index (χ1v) is 8.76. The smallest absolute Gasteiger partial charge is 0.127 e. The van der Waals surface area contributed by atoms with E-state index in [0.29, 0.717) is 5.92 Å². The molecular formula is C16H21BrClN3. The number of aromatic nitrogens is 2. The molecule has 0 radical (unpaired) electrons. The van der Waals surface area contributed by atoms with E-state index in [1.807, 2.05) is 6.92 Å². The molecule has 2 unspecified atom stereocenters. The first-order chi connectivity index (χ1) is 10.0. The van der Waals surface area contributed by atoms with E-state index in [0.717, 1.165) is 28.9 Å². The SMILES string of the molecule is CC(Cl)c1nc2cc(Br)ccc2n1CC1CCCN(C)C1. The van der Waals surface area contributed by atoms with Crippen molar-refractivity contribution in [3.8, 4) is 0 Å². The zero-order valence-electron chi connectivity index (χ0n) is 12.5. The second-order valence-electron chi connectivity index (χ2n) is 6.10. The maximum atomic E-state index is 6.36. The zero-order valence-corrected chi connectivity index (χ0v) is 14.9. The summed E-state index contributed by atoms with van der Waals surface area (Å²) in [5.41, 5.74) is 2.21. The van der Waals surface area contributed by atoms with Crippen molar-refractivity contribution in [1.82, 2.24) is 14.5 Å². The van der Waals surface area contributed by atoms with E-state index in [9.17, 15) is 0 Å². The van der Waals surface area contributed by atoms with E-state index < -0.39 is 0 Å². The summed E-state index contributed by atoms with van der Waals surface area (Å²) in [7, 11) is 2.21. The van der Waals surface area contributed by atoms with Gasteiger partial charge in [0.2, 0.25) is 0 Å². The zero-order chi connectivity index (χ0) is 15.0. The lowest BCUT2D eigenvalue weighted by molar-refractivity contribution is 0.194. The minimum atomic E-state index is -0.0718. The first kappa shape index (κ1) is 15.3. The Bertz CT molecular complexity index is 638. The Morgan fingerprint density at radius 3 is 3.00 bits per heavy atom. The third-order valence-corrected chi connectivity index (χ3v) is 4.95. The van der Waals surface area contributed by atoms with Gasteiger partial charge in [-0.3, -0.25) is 0 Å². The molecule has 0 spiro atoms. The van der Waals surface area contributed by atoms with Crippen LogP contribution in [0, 0.1) is 5.92 Å². The Labute approximate surface area is 139 Å². The fourth-order valence-electron chi connectivity index (χ4n) is 3.30. The molecule has 1 aromatic heterocycles. The summed E-state index contributed by atoms with van der Waals surface area (Å²) in [6, 6.07) is 6.29. The van der Waals surface area contributed by atoms with Gasteiger partial charge in [0.25, 0.3) is 0 Å². The molecule has 2 atom stereocenters. The first-order valence-electron chi connectivity index (χ1n) is 7.53. The molecule has 1 fully saturated rings. The maximum absolute atomic E-state index is 6.36. The summed E-state index contributed by atoms with van der Waals surface area (Å²) < 4.78 is 3.38. The van der Waals surface area contributed by atoms with Crippen molar-refractivity contribution in [3.05, 3.63) is 28.5 Å². The summed E-state index contributed by atoms with van der Waals surface area (Å²) in [4.78, 5) is 7.17. The van der Waals surface area contributed by atoms with Crippen LogP contribution in [0.5, 0.6) is 0 Å². The van der Waals surface area contributed by atoms with Gasteiger partial charge in [-0.2, -0.15) is 0 Å². The highest BCUT2D eigenvalue weighted by molar-refractivity contribution is 9.10. The van der Waals surface area contributed by atoms with E-state index in [2.05, 4.69) is 50.6 Å². The minimum Gasteiger partial charge on any atom is -0.326 e. The van der Waals surface area contributed by atoms with Crippen molar-refractivity contribution in [3.63, 3.8) is 0 Å². The van der Waals surface area contributed by atoms with E-state index in [1.165, 1.54) is 24.9 Å². The molecule has 3 nitrogen and oxygen atoms in total. The number of rotatable bonds is 3. The highest BCUT2D eigenvalue weighted by Crippen LogP contribution is 2.29. The molecule has 114 valence electrons. The van der Waals surface area contributed by atoms with Crippen molar-refractivity contribution in [2.45, 2.75) is 31.7 Å². The van der Waals surface area contributed by atoms with Crippen LogP contribution in [0.1, 0.15) is 31.0 Å². The van der Waals surface area contributed by atoms with E-state index in [4.69, 9.17) is 16.6 Å². The summed E-state index contributed by atoms with van der Waals surface area (Å²) in [6.45, 7) is 5.38. The molecule has 2 aromatic rings. The third-order valence-electron chi connectivity index (χ3n) is 4.26. The Kier molecular flexibility index (Phi) is 4.57. The van der Waals surface area contributed by atoms with Crippen LogP contribution < -0.4 is 0 Å². The van der Waals surface area contributed by atoms with Gasteiger partial charge in [0.1, 0.15) is 5.82 Å². The number of hydrogen-bond donors (Lipinski definition) is 0. The summed E-state index contributed by atoms with van der Waals surface area (Å²) >= 11 is 9.88. The normalized spacial score (nSPS) is 21.8. The molecule has 1 aliphatic rings. The highest BCUT2D eigenvalue weighted by atomic mass is 79.9. The second-order valence-corrected chi connectivity index (χ2v) is 7.67. The fraction of sp³-hybridized carbons (Fsp3) is 0.562. The predicted octanol–water partition coefficient (Wildman–Crippen LogP) is 4.44. The predicted molar refractivity (Wildman–Crippen MR) is 91.9 cm³/mol. The highest BCUT2D eigenvalue weighted by Gasteiger charge is 2.22. The average Bonchev–Trinajstić information content (AvgIpc) is 2.77. The number of piperidine rings is 1. The van der Waals surface area contributed by atoms with Gasteiger partial charge in [0.05, 0.1) is 16.4 Å². The molecule has 0 saturated carbocycles. The minimum absolute atomic E-state index is 0.0718. The molecule has 3 rings (SSSR count). The van der Waals surface area contributed by atoms with Crippen molar-refractivity contribution in [2.24, 2.45) is 5.92 Å². The van der Waals surface area contributed by atoms with Crippen LogP contribution in [0.2, 0.25) is 0 Å². The van der Waals surface area contributed by atoms with Gasteiger partial charge in [-0.1, -0.05) is 15.9 Å². The van der Waals surface area contributed by atoms with E-state index >= 15 is 0 Å². The number of nitrogens with zero attached hydrogens (tertiary/aromatic N) is 3. The van der Waals surface area contributed by atoms with Crippen LogP contribution >= 0.6 is 27.5 Å². The van der Waals surface area contributed by atoms with Gasteiger partial charge in [-0.15, -0.1) is 11.6 Å². The Hall–Kier alpha value is -0.580. The van der Waals surface area contributed by atoms with E-state index in [-0.39, 0.29) is 5.38 Å². The number of halogens is 2. The molecule has 1 aromatic carbocycles. The Morgan fingerprint density at radius 2 is 2.29 bits per heavy atom. The number of alkyl halides is 1. The van der Waals surface area contributed by atoms with Crippen molar-refractivity contribution in [1.29, 1.82) is 0 Å². The molecular weight excluding hydrogens is 350 g/mol. The lowest BCUT2D eigenvalue weighted by Crippen LogP contribution is -2.34. The lowest BCUT2D eigenvalue weighted by Gasteiger charge is -2.30. The molecule has 21 heavy (non-hydrogen) atoms. The average molecular weight is 371 g/mol. The van der Waals surface area contributed by atoms with Gasteiger partial charge >= 0.3 is 0 Å². The molecule has 5 heteroatoms. The van der Waals surface area contributed by atoms with Crippen LogP contribution in [0.4, 0.5) is 0 Å². The molecule has 2 heterocycles. The van der Waals surface area contributed by atoms with Crippen molar-refractivity contribution in [2.75, 3.05) is 20.1 Å². The Balaban J connectivity index is 1.97. The molecule has 0 aliphatic carbocycles. The quantitative estimate of drug-likeness (QED) is 0.745. The lowest BCUT2D eigenvalue weighted by atomic mass is 9.98. The molecule has 0 amide bonds. The summed E-state index contributed by atoms with van der Waals surface area (Å²) in [5.74, 6) is 1.66. The number of benzene rings is 1. The summed E-state index contributed by atoms with van der Waals surface area (Å²) in [5, 5.41) is -0.0718. The molecule has 0 N–H and O–H groups in total. The third kappa shape index (κ3) is 3.27. The van der Waals surface area contributed by atoms with Crippen LogP contribution in [0.15, 0.2) is 22.7 Å². The van der Waals surface area contributed by atoms with Gasteiger partial charge < -0.3 is 9.47 Å². The standard InChI is InChI=1S/C16H21BrClN3/c1-11(18)16-19-14-8-13(17)5-6-15(14)21(16)10-12-4-3-7-20(2)9-12/h5-6,8,11-12H,3-4,7,9-10H2,1-2H3. The Morgan fingerprint density at radius 1 is 1.48 bits per heavy atom. The van der Waals surface area contributed by atoms with Crippen molar-refractivity contribution < 1.29 is 0 Å². The van der Waals surface area contributed by atoms with Gasteiger partial charge in [-0.05, 0) is 57.5 Å². The van der Waals surface area contributed by atoms with Crippen LogP contribution in [-0.4, -0.2) is 34.6 Å². The van der Waals surface area contributed by atoms with Gasteiger partial charge in [-0.25, -0.2) is 4.98 Å². The number of fused-ring (bicyclic) bond motifs is 1. The topological polar surface area (TPSA) is 21.1 Å². The van der Waals surface area contributed by atoms with Crippen LogP contribution in [0.25, 0.3) is 11.0 Å². The number of likely N-dealkylation sites (tertiary alicyclic amines) is 1. The number of imidazole rings is 1.